The minimum atomic E-state index is -1.24. The van der Waals surface area contributed by atoms with Crippen LogP contribution in [-0.4, -0.2) is 11.7 Å². The molecule has 2 N–H and O–H groups in total. The normalized spacial score (nSPS) is 21.8. The molecule has 0 saturated heterocycles. The highest BCUT2D eigenvalue weighted by Gasteiger charge is 2.36. The van der Waals surface area contributed by atoms with Gasteiger partial charge in [0, 0.05) is 12.5 Å². The summed E-state index contributed by atoms with van der Waals surface area (Å²) < 4.78 is 32.8. The van der Waals surface area contributed by atoms with Crippen LogP contribution in [0.3, 0.4) is 0 Å². The Balaban J connectivity index is 1.53. The Kier molecular flexibility index (Phi) is 4.27. The minimum Gasteiger partial charge on any atom is -0.464 e. The molecule has 1 aliphatic carbocycles. The molecule has 5 heteroatoms. The summed E-state index contributed by atoms with van der Waals surface area (Å²) in [6.45, 7) is 2.65. The summed E-state index contributed by atoms with van der Waals surface area (Å²) >= 11 is 0. The number of furan rings is 1. The van der Waals surface area contributed by atoms with Crippen LogP contribution >= 0.6 is 0 Å². The van der Waals surface area contributed by atoms with Crippen molar-refractivity contribution >= 4 is 0 Å². The van der Waals surface area contributed by atoms with Crippen LogP contribution < -0.4 is 5.32 Å². The van der Waals surface area contributed by atoms with Crippen molar-refractivity contribution in [2.24, 2.45) is 5.92 Å². The average molecular weight is 307 g/mol. The van der Waals surface area contributed by atoms with Gasteiger partial charge < -0.3 is 14.8 Å². The lowest BCUT2D eigenvalue weighted by atomic mass is 10.1. The van der Waals surface area contributed by atoms with Crippen molar-refractivity contribution in [3.8, 4) is 0 Å². The molecule has 0 aliphatic heterocycles. The van der Waals surface area contributed by atoms with Gasteiger partial charge in [-0.15, -0.1) is 0 Å². The fraction of sp³-hybridized carbons (Fsp3) is 0.412. The lowest BCUT2D eigenvalue weighted by Gasteiger charge is -2.13. The molecule has 3 nitrogen and oxygen atoms in total. The minimum absolute atomic E-state index is 0.0493. The monoisotopic (exact) mass is 307 g/mol. The molecule has 118 valence electrons. The highest BCUT2D eigenvalue weighted by molar-refractivity contribution is 5.22. The maximum atomic E-state index is 13.5. The van der Waals surface area contributed by atoms with E-state index in [0.717, 1.165) is 30.1 Å². The van der Waals surface area contributed by atoms with Gasteiger partial charge in [-0.2, -0.15) is 0 Å². The average Bonchev–Trinajstić information content (AvgIpc) is 3.01. The van der Waals surface area contributed by atoms with E-state index in [9.17, 15) is 13.9 Å². The third-order valence-electron chi connectivity index (χ3n) is 4.13. The highest BCUT2D eigenvalue weighted by atomic mass is 19.1. The maximum absolute atomic E-state index is 13.5. The van der Waals surface area contributed by atoms with Crippen LogP contribution in [0.1, 0.15) is 42.5 Å². The van der Waals surface area contributed by atoms with Gasteiger partial charge in [0.15, 0.2) is 0 Å². The Morgan fingerprint density at radius 1 is 1.27 bits per heavy atom. The number of rotatable bonds is 6. The first-order chi connectivity index (χ1) is 10.6. The summed E-state index contributed by atoms with van der Waals surface area (Å²) in [5, 5.41) is 12.9. The summed E-state index contributed by atoms with van der Waals surface area (Å²) in [5.74, 6) is 1.47. The summed E-state index contributed by atoms with van der Waals surface area (Å²) in [7, 11) is 0. The van der Waals surface area contributed by atoms with E-state index in [2.05, 4.69) is 12.2 Å². The number of hydrogen-bond acceptors (Lipinski definition) is 3. The van der Waals surface area contributed by atoms with Crippen LogP contribution in [-0.2, 0) is 6.54 Å². The second-order valence-electron chi connectivity index (χ2n) is 5.91. The molecule has 2 aromatic rings. The number of nitrogens with one attached hydrogen (secondary N) is 1. The third-order valence-corrected chi connectivity index (χ3v) is 4.13. The Morgan fingerprint density at radius 3 is 2.59 bits per heavy atom. The standard InChI is InChI=1S/C17H19F2NO2/c1-10-7-12(10)16-6-5-11(22-16)8-20-9-15(21)17-13(18)3-2-4-14(17)19/h2-6,10,12,15,20-21H,7-9H2,1H3. The Labute approximate surface area is 128 Å². The van der Waals surface area contributed by atoms with E-state index in [1.54, 1.807) is 0 Å². The number of aliphatic hydroxyl groups excluding tert-OH is 1. The highest BCUT2D eigenvalue weighted by Crippen LogP contribution is 2.47. The molecule has 0 spiro atoms. The molecule has 22 heavy (non-hydrogen) atoms. The zero-order valence-electron chi connectivity index (χ0n) is 12.4. The van der Waals surface area contributed by atoms with E-state index in [-0.39, 0.29) is 12.1 Å². The second kappa shape index (κ2) is 6.18. The van der Waals surface area contributed by atoms with Crippen LogP contribution in [0, 0.1) is 17.6 Å². The van der Waals surface area contributed by atoms with Crippen LogP contribution in [0.4, 0.5) is 8.78 Å². The van der Waals surface area contributed by atoms with Gasteiger partial charge in [-0.25, -0.2) is 8.78 Å². The SMILES string of the molecule is CC1CC1c1ccc(CNCC(O)c2c(F)cccc2F)o1. The molecule has 3 unspecified atom stereocenters. The smallest absolute Gasteiger partial charge is 0.131 e. The van der Waals surface area contributed by atoms with E-state index in [1.807, 2.05) is 12.1 Å². The predicted octanol–water partition coefficient (Wildman–Crippen LogP) is 3.50. The number of halogens is 2. The molecular weight excluding hydrogens is 288 g/mol. The molecule has 3 atom stereocenters. The molecule has 1 fully saturated rings. The molecule has 1 aromatic carbocycles. The zero-order valence-corrected chi connectivity index (χ0v) is 12.4. The quantitative estimate of drug-likeness (QED) is 0.858. The molecule has 1 saturated carbocycles. The van der Waals surface area contributed by atoms with Gasteiger partial charge in [0.05, 0.1) is 18.2 Å². The van der Waals surface area contributed by atoms with E-state index in [0.29, 0.717) is 18.4 Å². The van der Waals surface area contributed by atoms with E-state index in [4.69, 9.17) is 4.42 Å². The first kappa shape index (κ1) is 15.2. The second-order valence-corrected chi connectivity index (χ2v) is 5.91. The van der Waals surface area contributed by atoms with E-state index < -0.39 is 17.7 Å². The van der Waals surface area contributed by atoms with Gasteiger partial charge in [-0.3, -0.25) is 0 Å². The largest absolute Gasteiger partial charge is 0.464 e. The zero-order chi connectivity index (χ0) is 15.7. The lowest BCUT2D eigenvalue weighted by molar-refractivity contribution is 0.163. The molecule has 3 rings (SSSR count). The molecule has 0 bridgehead atoms. The van der Waals surface area contributed by atoms with Crippen LogP contribution in [0.15, 0.2) is 34.7 Å². The van der Waals surface area contributed by atoms with Gasteiger partial charge in [0.25, 0.3) is 0 Å². The van der Waals surface area contributed by atoms with Crippen molar-refractivity contribution in [3.05, 3.63) is 59.1 Å². The molecule has 1 aliphatic rings. The predicted molar refractivity (Wildman–Crippen MR) is 78.3 cm³/mol. The Bertz CT molecular complexity index is 636. The lowest BCUT2D eigenvalue weighted by Crippen LogP contribution is -2.22. The van der Waals surface area contributed by atoms with Crippen LogP contribution in [0.2, 0.25) is 0 Å². The number of aliphatic hydroxyl groups is 1. The number of hydrogen-bond donors (Lipinski definition) is 2. The molecule has 1 heterocycles. The number of benzene rings is 1. The molecule has 0 radical (unpaired) electrons. The van der Waals surface area contributed by atoms with Gasteiger partial charge in [0.2, 0.25) is 0 Å². The summed E-state index contributed by atoms with van der Waals surface area (Å²) in [4.78, 5) is 0. The first-order valence-corrected chi connectivity index (χ1v) is 7.47. The van der Waals surface area contributed by atoms with Crippen LogP contribution in [0.5, 0.6) is 0 Å². The van der Waals surface area contributed by atoms with Crippen molar-refractivity contribution in [2.45, 2.75) is 31.9 Å². The van der Waals surface area contributed by atoms with Crippen molar-refractivity contribution in [3.63, 3.8) is 0 Å². The van der Waals surface area contributed by atoms with E-state index >= 15 is 0 Å². The van der Waals surface area contributed by atoms with Gasteiger partial charge in [0.1, 0.15) is 23.2 Å². The summed E-state index contributed by atoms with van der Waals surface area (Å²) in [5.41, 5.74) is -0.304. The van der Waals surface area contributed by atoms with Gasteiger partial charge >= 0.3 is 0 Å². The van der Waals surface area contributed by atoms with Crippen molar-refractivity contribution in [1.29, 1.82) is 0 Å². The molecule has 0 amide bonds. The first-order valence-electron chi connectivity index (χ1n) is 7.47. The fourth-order valence-electron chi connectivity index (χ4n) is 2.67. The molecule has 1 aromatic heterocycles. The fourth-order valence-corrected chi connectivity index (χ4v) is 2.67. The maximum Gasteiger partial charge on any atom is 0.131 e. The van der Waals surface area contributed by atoms with Crippen molar-refractivity contribution < 1.29 is 18.3 Å². The van der Waals surface area contributed by atoms with Crippen LogP contribution in [0.25, 0.3) is 0 Å². The summed E-state index contributed by atoms with van der Waals surface area (Å²) in [6.07, 6.45) is -0.0786. The van der Waals surface area contributed by atoms with Gasteiger partial charge in [-0.05, 0) is 36.6 Å². The van der Waals surface area contributed by atoms with Gasteiger partial charge in [-0.1, -0.05) is 13.0 Å². The summed E-state index contributed by atoms with van der Waals surface area (Å²) in [6, 6.07) is 7.41. The Morgan fingerprint density at radius 2 is 1.95 bits per heavy atom. The topological polar surface area (TPSA) is 45.4 Å². The van der Waals surface area contributed by atoms with Crippen molar-refractivity contribution in [1.82, 2.24) is 5.32 Å². The Hall–Kier alpha value is -1.72. The third kappa shape index (κ3) is 3.20. The molecular formula is C17H19F2NO2. The van der Waals surface area contributed by atoms with E-state index in [1.165, 1.54) is 6.07 Å². The van der Waals surface area contributed by atoms with Crippen molar-refractivity contribution in [2.75, 3.05) is 6.54 Å².